The van der Waals surface area contributed by atoms with Crippen LogP contribution in [0.1, 0.15) is 48.5 Å². The van der Waals surface area contributed by atoms with E-state index < -0.39 is 11.6 Å². The van der Waals surface area contributed by atoms with Crippen LogP contribution in [0.2, 0.25) is 0 Å². The van der Waals surface area contributed by atoms with Crippen molar-refractivity contribution in [3.05, 3.63) is 106 Å². The number of benzene rings is 3. The highest BCUT2D eigenvalue weighted by Gasteiger charge is 2.52. The number of hydrazine groups is 1. The number of aliphatic hydroxyl groups is 1. The van der Waals surface area contributed by atoms with Crippen molar-refractivity contribution in [3.63, 3.8) is 0 Å². The first kappa shape index (κ1) is 27.1. The fourth-order valence-electron chi connectivity index (χ4n) is 4.40. The number of carbonyl (C=O) groups is 1. The standard InChI is InChI=1S/C31H32BrN3O4/c32-25-13-9-23(10-14-25)28-31(30(37)35-34-26-15-16-26,19-4-8-22-6-2-1-3-7-22)33-29(39-28)24-11-17-27(18-12-24)38-21-5-20-36/h1-4,6-14,17-18,26,28,34,36H,5,15-16,19-21H2,(H,35,37)/b8-4+/t28-,31-/m0/s1. The van der Waals surface area contributed by atoms with Gasteiger partial charge in [0, 0.05) is 35.5 Å². The molecule has 3 aromatic carbocycles. The SMILES string of the molecule is O=C(NNC1CC1)[C@@]1(C/C=C/c2ccccc2)N=C(c2ccc(OCCCO)cc2)O[C@H]1c1ccc(Br)cc1. The minimum atomic E-state index is -1.23. The van der Waals surface area contributed by atoms with E-state index in [-0.39, 0.29) is 12.5 Å². The number of hydrogen-bond donors (Lipinski definition) is 3. The number of hydrogen-bond acceptors (Lipinski definition) is 6. The van der Waals surface area contributed by atoms with Gasteiger partial charge in [-0.1, -0.05) is 70.5 Å². The molecule has 0 radical (unpaired) electrons. The third-order valence-electron chi connectivity index (χ3n) is 6.71. The Labute approximate surface area is 237 Å². The third-order valence-corrected chi connectivity index (χ3v) is 7.24. The minimum Gasteiger partial charge on any atom is -0.494 e. The van der Waals surface area contributed by atoms with Crippen LogP contribution in [0.3, 0.4) is 0 Å². The van der Waals surface area contributed by atoms with Gasteiger partial charge in [0.1, 0.15) is 5.75 Å². The van der Waals surface area contributed by atoms with Crippen LogP contribution in [0.5, 0.6) is 5.75 Å². The van der Waals surface area contributed by atoms with Crippen LogP contribution >= 0.6 is 15.9 Å². The maximum Gasteiger partial charge on any atom is 0.266 e. The molecule has 0 spiro atoms. The van der Waals surface area contributed by atoms with Crippen molar-refractivity contribution < 1.29 is 19.4 Å². The molecule has 8 heteroatoms. The Bertz CT molecular complexity index is 1310. The summed E-state index contributed by atoms with van der Waals surface area (Å²) < 4.78 is 13.1. The zero-order valence-electron chi connectivity index (χ0n) is 21.6. The van der Waals surface area contributed by atoms with E-state index in [9.17, 15) is 4.79 Å². The lowest BCUT2D eigenvalue weighted by Gasteiger charge is -2.30. The second kappa shape index (κ2) is 12.6. The maximum atomic E-state index is 13.9. The van der Waals surface area contributed by atoms with Crippen molar-refractivity contribution in [2.24, 2.45) is 4.99 Å². The van der Waals surface area contributed by atoms with E-state index in [2.05, 4.69) is 26.8 Å². The van der Waals surface area contributed by atoms with Gasteiger partial charge in [-0.3, -0.25) is 10.2 Å². The molecule has 3 aromatic rings. The normalized spacial score (nSPS) is 20.5. The van der Waals surface area contributed by atoms with Crippen molar-refractivity contribution in [2.45, 2.75) is 43.4 Å². The average Bonchev–Trinajstić information content (AvgIpc) is 3.72. The average molecular weight is 591 g/mol. The van der Waals surface area contributed by atoms with Crippen LogP contribution < -0.4 is 15.6 Å². The summed E-state index contributed by atoms with van der Waals surface area (Å²) in [7, 11) is 0. The van der Waals surface area contributed by atoms with Gasteiger partial charge < -0.3 is 14.6 Å². The fraction of sp³-hybridized carbons (Fsp3) is 0.290. The van der Waals surface area contributed by atoms with E-state index in [1.54, 1.807) is 0 Å². The zero-order valence-corrected chi connectivity index (χ0v) is 23.1. The molecular formula is C31H32BrN3O4. The molecule has 2 aliphatic rings. The third kappa shape index (κ3) is 6.76. The largest absolute Gasteiger partial charge is 0.494 e. The molecule has 0 unspecified atom stereocenters. The topological polar surface area (TPSA) is 92.2 Å². The monoisotopic (exact) mass is 589 g/mol. The van der Waals surface area contributed by atoms with Crippen LogP contribution in [0.25, 0.3) is 6.08 Å². The van der Waals surface area contributed by atoms with E-state index in [0.29, 0.717) is 37.1 Å². The highest BCUT2D eigenvalue weighted by Crippen LogP contribution is 2.43. The number of nitrogens with zero attached hydrogens (tertiary/aromatic N) is 1. The van der Waals surface area contributed by atoms with Gasteiger partial charge in [0.2, 0.25) is 5.90 Å². The van der Waals surface area contributed by atoms with Crippen molar-refractivity contribution >= 4 is 33.8 Å². The minimum absolute atomic E-state index is 0.0820. The second-order valence-corrected chi connectivity index (χ2v) is 10.6. The number of rotatable bonds is 12. The number of carbonyl (C=O) groups excluding carboxylic acids is 1. The van der Waals surface area contributed by atoms with Crippen LogP contribution in [0.15, 0.2) is 94.4 Å². The quantitative estimate of drug-likeness (QED) is 0.195. The van der Waals surface area contributed by atoms with E-state index in [1.807, 2.05) is 91.0 Å². The Morgan fingerprint density at radius 2 is 1.82 bits per heavy atom. The van der Waals surface area contributed by atoms with E-state index in [0.717, 1.165) is 34.0 Å². The number of amides is 1. The molecule has 202 valence electrons. The Morgan fingerprint density at radius 1 is 1.08 bits per heavy atom. The number of halogens is 1. The van der Waals surface area contributed by atoms with E-state index in [4.69, 9.17) is 19.6 Å². The molecule has 2 atom stereocenters. The molecule has 1 aliphatic carbocycles. The molecule has 1 heterocycles. The van der Waals surface area contributed by atoms with Gasteiger partial charge in [0.25, 0.3) is 5.91 Å². The summed E-state index contributed by atoms with van der Waals surface area (Å²) in [6, 6.07) is 25.5. The Hall–Kier alpha value is -3.46. The van der Waals surface area contributed by atoms with Crippen molar-refractivity contribution in [1.82, 2.24) is 10.9 Å². The van der Waals surface area contributed by atoms with Crippen molar-refractivity contribution in [3.8, 4) is 5.75 Å². The van der Waals surface area contributed by atoms with Gasteiger partial charge >= 0.3 is 0 Å². The highest BCUT2D eigenvalue weighted by molar-refractivity contribution is 9.10. The molecule has 7 nitrogen and oxygen atoms in total. The van der Waals surface area contributed by atoms with Gasteiger partial charge in [0.05, 0.1) is 6.61 Å². The van der Waals surface area contributed by atoms with Crippen molar-refractivity contribution in [2.75, 3.05) is 13.2 Å². The maximum absolute atomic E-state index is 13.9. The fourth-order valence-corrected chi connectivity index (χ4v) is 4.66. The van der Waals surface area contributed by atoms with Crippen LogP contribution in [0.4, 0.5) is 0 Å². The van der Waals surface area contributed by atoms with Crippen LogP contribution in [-0.2, 0) is 9.53 Å². The number of aliphatic imine (C=N–C) groups is 1. The summed E-state index contributed by atoms with van der Waals surface area (Å²) >= 11 is 3.51. The number of aliphatic hydroxyl groups excluding tert-OH is 1. The number of nitrogens with one attached hydrogen (secondary N) is 2. The van der Waals surface area contributed by atoms with E-state index >= 15 is 0 Å². The first-order valence-electron chi connectivity index (χ1n) is 13.2. The Kier molecular flexibility index (Phi) is 8.76. The van der Waals surface area contributed by atoms with Gasteiger partial charge in [-0.05, 0) is 60.4 Å². The summed E-state index contributed by atoms with van der Waals surface area (Å²) in [5.74, 6) is 0.859. The molecule has 0 saturated heterocycles. The Balaban J connectivity index is 1.49. The highest BCUT2D eigenvalue weighted by atomic mass is 79.9. The molecule has 3 N–H and O–H groups in total. The molecule has 1 aliphatic heterocycles. The molecule has 39 heavy (non-hydrogen) atoms. The first-order valence-corrected chi connectivity index (χ1v) is 14.0. The second-order valence-electron chi connectivity index (χ2n) is 9.73. The zero-order chi connectivity index (χ0) is 27.1. The lowest BCUT2D eigenvalue weighted by Crippen LogP contribution is -2.53. The molecule has 0 aromatic heterocycles. The van der Waals surface area contributed by atoms with Crippen LogP contribution in [-0.4, -0.2) is 41.7 Å². The number of ether oxygens (including phenoxy) is 2. The summed E-state index contributed by atoms with van der Waals surface area (Å²) in [6.07, 6.45) is 6.34. The lowest BCUT2D eigenvalue weighted by atomic mass is 9.84. The summed E-state index contributed by atoms with van der Waals surface area (Å²) in [4.78, 5) is 18.9. The van der Waals surface area contributed by atoms with Gasteiger partial charge in [-0.15, -0.1) is 0 Å². The Morgan fingerprint density at radius 3 is 2.51 bits per heavy atom. The van der Waals surface area contributed by atoms with Crippen LogP contribution in [0, 0.1) is 0 Å². The smallest absolute Gasteiger partial charge is 0.266 e. The molecule has 0 bridgehead atoms. The summed E-state index contributed by atoms with van der Waals surface area (Å²) in [5.41, 5.74) is 7.51. The predicted molar refractivity (Wildman–Crippen MR) is 155 cm³/mol. The molecule has 5 rings (SSSR count). The van der Waals surface area contributed by atoms with Gasteiger partial charge in [0.15, 0.2) is 11.6 Å². The van der Waals surface area contributed by atoms with Gasteiger partial charge in [-0.25, -0.2) is 10.4 Å². The molecule has 1 fully saturated rings. The molecular weight excluding hydrogens is 558 g/mol. The van der Waals surface area contributed by atoms with E-state index in [1.165, 1.54) is 0 Å². The van der Waals surface area contributed by atoms with Crippen molar-refractivity contribution in [1.29, 1.82) is 0 Å². The summed E-state index contributed by atoms with van der Waals surface area (Å²) in [5, 5.41) is 9.00. The van der Waals surface area contributed by atoms with Gasteiger partial charge in [-0.2, -0.15) is 0 Å². The first-order chi connectivity index (χ1) is 19.1. The lowest BCUT2D eigenvalue weighted by molar-refractivity contribution is -0.129. The molecule has 1 saturated carbocycles. The summed E-state index contributed by atoms with van der Waals surface area (Å²) in [6.45, 7) is 0.516. The molecule has 1 amide bonds. The predicted octanol–water partition coefficient (Wildman–Crippen LogP) is 5.35.